The maximum Gasteiger partial charge on any atom is 0.269 e. The first-order valence-electron chi connectivity index (χ1n) is 8.68. The van der Waals surface area contributed by atoms with Crippen LogP contribution in [0.25, 0.3) is 0 Å². The molecule has 0 spiro atoms. The monoisotopic (exact) mass is 391 g/mol. The van der Waals surface area contributed by atoms with Crippen LogP contribution in [-0.2, 0) is 16.1 Å². The second-order valence-electron chi connectivity index (χ2n) is 6.34. The van der Waals surface area contributed by atoms with Gasteiger partial charge in [-0.05, 0) is 17.7 Å². The van der Waals surface area contributed by atoms with Crippen molar-refractivity contribution in [1.29, 1.82) is 0 Å². The van der Waals surface area contributed by atoms with E-state index in [9.17, 15) is 25.4 Å². The number of ether oxygens (including phenoxy) is 3. The normalized spacial score (nSPS) is 27.3. The van der Waals surface area contributed by atoms with Gasteiger partial charge in [-0.3, -0.25) is 10.1 Å². The van der Waals surface area contributed by atoms with Gasteiger partial charge in [0, 0.05) is 12.1 Å². The molecule has 0 unspecified atom stereocenters. The molecule has 3 rings (SSSR count). The number of hydrogen-bond donors (Lipinski definition) is 3. The molecule has 0 amide bonds. The van der Waals surface area contributed by atoms with Crippen LogP contribution in [0.4, 0.5) is 5.69 Å². The SMILES string of the molecule is O=[N+]([O-])c1ccc(O[C@@H]2O[C@H](CO)[C@H](O)[C@H](OCc3ccccc3)[C@H]2O)cc1. The third-order valence-electron chi connectivity index (χ3n) is 4.41. The van der Waals surface area contributed by atoms with E-state index in [1.165, 1.54) is 24.3 Å². The number of benzene rings is 2. The summed E-state index contributed by atoms with van der Waals surface area (Å²) in [7, 11) is 0. The van der Waals surface area contributed by atoms with E-state index in [-0.39, 0.29) is 18.0 Å². The fourth-order valence-electron chi connectivity index (χ4n) is 2.89. The van der Waals surface area contributed by atoms with E-state index in [0.29, 0.717) is 0 Å². The minimum absolute atomic E-state index is 0.106. The molecule has 9 nitrogen and oxygen atoms in total. The van der Waals surface area contributed by atoms with Gasteiger partial charge < -0.3 is 29.5 Å². The summed E-state index contributed by atoms with van der Waals surface area (Å²) in [5.41, 5.74) is 0.743. The molecule has 1 saturated heterocycles. The van der Waals surface area contributed by atoms with Gasteiger partial charge in [-0.2, -0.15) is 0 Å². The summed E-state index contributed by atoms with van der Waals surface area (Å²) in [5.74, 6) is 0.226. The smallest absolute Gasteiger partial charge is 0.269 e. The molecule has 1 aliphatic rings. The van der Waals surface area contributed by atoms with Crippen molar-refractivity contribution in [3.8, 4) is 5.75 Å². The van der Waals surface area contributed by atoms with Gasteiger partial charge in [-0.15, -0.1) is 0 Å². The lowest BCUT2D eigenvalue weighted by molar-refractivity contribution is -0.384. The lowest BCUT2D eigenvalue weighted by atomic mass is 9.99. The largest absolute Gasteiger partial charge is 0.462 e. The molecular weight excluding hydrogens is 370 g/mol. The molecule has 5 atom stereocenters. The van der Waals surface area contributed by atoms with Crippen LogP contribution in [0.2, 0.25) is 0 Å². The molecule has 0 saturated carbocycles. The van der Waals surface area contributed by atoms with Crippen LogP contribution >= 0.6 is 0 Å². The summed E-state index contributed by atoms with van der Waals surface area (Å²) in [5, 5.41) is 41.1. The molecule has 9 heteroatoms. The van der Waals surface area contributed by atoms with Crippen LogP contribution < -0.4 is 4.74 Å². The topological polar surface area (TPSA) is 132 Å². The Morgan fingerprint density at radius 1 is 1.04 bits per heavy atom. The predicted octanol–water partition coefficient (Wildman–Crippen LogP) is 0.998. The third-order valence-corrected chi connectivity index (χ3v) is 4.41. The van der Waals surface area contributed by atoms with E-state index >= 15 is 0 Å². The Balaban J connectivity index is 1.70. The predicted molar refractivity (Wildman–Crippen MR) is 96.5 cm³/mol. The minimum atomic E-state index is -1.35. The van der Waals surface area contributed by atoms with Crippen molar-refractivity contribution >= 4 is 5.69 Å². The zero-order chi connectivity index (χ0) is 20.1. The summed E-state index contributed by atoms with van der Waals surface area (Å²) in [4.78, 5) is 10.2. The van der Waals surface area contributed by atoms with Crippen molar-refractivity contribution in [2.24, 2.45) is 0 Å². The maximum absolute atomic E-state index is 10.7. The number of rotatable bonds is 7. The van der Waals surface area contributed by atoms with Crippen LogP contribution in [0.5, 0.6) is 5.75 Å². The van der Waals surface area contributed by atoms with Gasteiger partial charge in [0.1, 0.15) is 30.2 Å². The quantitative estimate of drug-likeness (QED) is 0.470. The van der Waals surface area contributed by atoms with Gasteiger partial charge in [0.15, 0.2) is 0 Å². The number of non-ortho nitro benzene ring substituents is 1. The van der Waals surface area contributed by atoms with Crippen molar-refractivity contribution in [3.63, 3.8) is 0 Å². The first kappa shape index (κ1) is 20.2. The first-order chi connectivity index (χ1) is 13.5. The van der Waals surface area contributed by atoms with Crippen molar-refractivity contribution in [3.05, 3.63) is 70.3 Å². The number of aliphatic hydroxyl groups excluding tert-OH is 3. The van der Waals surface area contributed by atoms with Gasteiger partial charge in [-0.25, -0.2) is 0 Å². The highest BCUT2D eigenvalue weighted by molar-refractivity contribution is 5.36. The number of hydrogen-bond acceptors (Lipinski definition) is 8. The Kier molecular flexibility index (Phi) is 6.55. The van der Waals surface area contributed by atoms with Gasteiger partial charge >= 0.3 is 0 Å². The molecule has 1 heterocycles. The van der Waals surface area contributed by atoms with Crippen molar-refractivity contribution in [1.82, 2.24) is 0 Å². The van der Waals surface area contributed by atoms with E-state index in [1.807, 2.05) is 30.3 Å². The Morgan fingerprint density at radius 3 is 2.32 bits per heavy atom. The molecule has 0 aromatic heterocycles. The average Bonchev–Trinajstić information content (AvgIpc) is 2.71. The number of aliphatic hydroxyl groups is 3. The third kappa shape index (κ3) is 4.64. The molecule has 2 aromatic carbocycles. The lowest BCUT2D eigenvalue weighted by Gasteiger charge is -2.41. The van der Waals surface area contributed by atoms with Crippen molar-refractivity contribution in [2.75, 3.05) is 6.61 Å². The molecular formula is C19H21NO8. The summed E-state index contributed by atoms with van der Waals surface area (Å²) in [6.45, 7) is -0.360. The zero-order valence-corrected chi connectivity index (χ0v) is 14.8. The highest BCUT2D eigenvalue weighted by atomic mass is 16.7. The Hall–Kier alpha value is -2.56. The van der Waals surface area contributed by atoms with Crippen molar-refractivity contribution < 1.29 is 34.5 Å². The highest BCUT2D eigenvalue weighted by Crippen LogP contribution is 2.27. The molecule has 28 heavy (non-hydrogen) atoms. The molecule has 0 bridgehead atoms. The van der Waals surface area contributed by atoms with Crippen LogP contribution in [0.3, 0.4) is 0 Å². The second kappa shape index (κ2) is 9.09. The van der Waals surface area contributed by atoms with Gasteiger partial charge in [0.25, 0.3) is 5.69 Å². The minimum Gasteiger partial charge on any atom is -0.462 e. The molecule has 150 valence electrons. The summed E-state index contributed by atoms with van der Waals surface area (Å²) in [6, 6.07) is 14.5. The standard InChI is InChI=1S/C19H21NO8/c21-10-15-16(22)18(26-11-12-4-2-1-3-5-12)17(23)19(28-15)27-14-8-6-13(7-9-14)20(24)25/h1-9,15-19,21-23H,10-11H2/t15-,16+,17-,18+,19-/m1/s1. The summed E-state index contributed by atoms with van der Waals surface area (Å²) in [6.07, 6.45) is -5.93. The molecule has 2 aromatic rings. The lowest BCUT2D eigenvalue weighted by Crippen LogP contribution is -2.60. The molecule has 0 aliphatic carbocycles. The van der Waals surface area contributed by atoms with E-state index in [2.05, 4.69) is 0 Å². The summed E-state index contributed by atoms with van der Waals surface area (Å²) < 4.78 is 16.7. The Bertz CT molecular complexity index is 769. The second-order valence-corrected chi connectivity index (χ2v) is 6.34. The van der Waals surface area contributed by atoms with Gasteiger partial charge in [-0.1, -0.05) is 30.3 Å². The number of nitro groups is 1. The fourth-order valence-corrected chi connectivity index (χ4v) is 2.89. The average molecular weight is 391 g/mol. The number of nitrogens with zero attached hydrogens (tertiary/aromatic N) is 1. The molecule has 0 radical (unpaired) electrons. The van der Waals surface area contributed by atoms with Crippen LogP contribution in [-0.4, -0.2) is 57.6 Å². The first-order valence-corrected chi connectivity index (χ1v) is 8.68. The van der Waals surface area contributed by atoms with E-state index in [0.717, 1.165) is 5.56 Å². The molecule has 3 N–H and O–H groups in total. The van der Waals surface area contributed by atoms with Gasteiger partial charge in [0.2, 0.25) is 6.29 Å². The van der Waals surface area contributed by atoms with Gasteiger partial charge in [0.05, 0.1) is 18.1 Å². The van der Waals surface area contributed by atoms with Crippen LogP contribution in [0.1, 0.15) is 5.56 Å². The molecule has 1 fully saturated rings. The highest BCUT2D eigenvalue weighted by Gasteiger charge is 2.46. The maximum atomic E-state index is 10.7. The van der Waals surface area contributed by atoms with Crippen LogP contribution in [0.15, 0.2) is 54.6 Å². The van der Waals surface area contributed by atoms with Crippen molar-refractivity contribution in [2.45, 2.75) is 37.3 Å². The Labute approximate surface area is 160 Å². The number of nitro benzene ring substituents is 1. The Morgan fingerprint density at radius 2 is 1.71 bits per heavy atom. The van der Waals surface area contributed by atoms with E-state index < -0.39 is 42.2 Å². The van der Waals surface area contributed by atoms with E-state index in [4.69, 9.17) is 14.2 Å². The molecule has 1 aliphatic heterocycles. The van der Waals surface area contributed by atoms with Crippen LogP contribution in [0, 0.1) is 10.1 Å². The van der Waals surface area contributed by atoms with E-state index in [1.54, 1.807) is 0 Å². The fraction of sp³-hybridized carbons (Fsp3) is 0.368. The summed E-state index contributed by atoms with van der Waals surface area (Å²) >= 11 is 0. The zero-order valence-electron chi connectivity index (χ0n) is 14.8.